The standard InChI is InChI=1S/C21H27NO6.C2H2O4/c1-25-19-9-8-15(12-20(19)26-2)10-11-22-13-16(23)14-28-18-7-5-4-6-17(18)21(24)27-3;3-1(4)2(5)6/h4-9,12,16,22-23H,10-11,13-14H2,1-3H3;(H,3,4)(H,5,6). The van der Waals surface area contributed by atoms with Gasteiger partial charge in [-0.1, -0.05) is 18.2 Å². The Morgan fingerprint density at radius 3 is 2.15 bits per heavy atom. The molecule has 0 fully saturated rings. The van der Waals surface area contributed by atoms with E-state index < -0.39 is 24.0 Å². The number of aliphatic carboxylic acids is 2. The molecule has 2 rings (SSSR count). The monoisotopic (exact) mass is 479 g/mol. The molecule has 2 aromatic rings. The van der Waals surface area contributed by atoms with Crippen LogP contribution in [0.2, 0.25) is 0 Å². The maximum absolute atomic E-state index is 11.7. The zero-order chi connectivity index (χ0) is 25.5. The molecule has 34 heavy (non-hydrogen) atoms. The van der Waals surface area contributed by atoms with Crippen LogP contribution in [0.1, 0.15) is 15.9 Å². The van der Waals surface area contributed by atoms with Gasteiger partial charge in [-0.3, -0.25) is 0 Å². The van der Waals surface area contributed by atoms with Crippen molar-refractivity contribution in [1.29, 1.82) is 0 Å². The molecule has 0 aliphatic carbocycles. The van der Waals surface area contributed by atoms with E-state index >= 15 is 0 Å². The fourth-order valence-electron chi connectivity index (χ4n) is 2.65. The molecule has 0 heterocycles. The molecule has 0 aromatic heterocycles. The minimum Gasteiger partial charge on any atom is -0.493 e. The van der Waals surface area contributed by atoms with Gasteiger partial charge in [-0.15, -0.1) is 0 Å². The van der Waals surface area contributed by atoms with Crippen LogP contribution in [-0.4, -0.2) is 80.4 Å². The second-order valence-electron chi connectivity index (χ2n) is 6.71. The smallest absolute Gasteiger partial charge is 0.414 e. The molecule has 0 aliphatic heterocycles. The topological polar surface area (TPSA) is 161 Å². The lowest BCUT2D eigenvalue weighted by Crippen LogP contribution is -2.32. The highest BCUT2D eigenvalue weighted by Crippen LogP contribution is 2.27. The first kappa shape index (κ1) is 28.2. The molecule has 186 valence electrons. The predicted octanol–water partition coefficient (Wildman–Crippen LogP) is 1.22. The lowest BCUT2D eigenvalue weighted by molar-refractivity contribution is -0.159. The molecule has 0 amide bonds. The van der Waals surface area contributed by atoms with Crippen molar-refractivity contribution >= 4 is 17.9 Å². The molecule has 1 unspecified atom stereocenters. The molecule has 0 bridgehead atoms. The fraction of sp³-hybridized carbons (Fsp3) is 0.348. The largest absolute Gasteiger partial charge is 0.493 e. The number of hydrogen-bond donors (Lipinski definition) is 4. The van der Waals surface area contributed by atoms with E-state index in [1.165, 1.54) is 7.11 Å². The third kappa shape index (κ3) is 9.76. The Kier molecular flexibility index (Phi) is 12.5. The average molecular weight is 479 g/mol. The van der Waals surface area contributed by atoms with E-state index in [0.29, 0.717) is 35.9 Å². The van der Waals surface area contributed by atoms with E-state index in [0.717, 1.165) is 12.0 Å². The first-order valence-corrected chi connectivity index (χ1v) is 10.1. The Morgan fingerprint density at radius 2 is 1.56 bits per heavy atom. The average Bonchev–Trinajstić information content (AvgIpc) is 2.85. The van der Waals surface area contributed by atoms with Gasteiger partial charge in [0, 0.05) is 6.54 Å². The third-order valence-corrected chi connectivity index (χ3v) is 4.32. The summed E-state index contributed by atoms with van der Waals surface area (Å²) in [4.78, 5) is 29.9. The molecule has 11 nitrogen and oxygen atoms in total. The van der Waals surface area contributed by atoms with Gasteiger partial charge in [-0.25, -0.2) is 14.4 Å². The normalized spacial score (nSPS) is 10.8. The molecule has 0 aliphatic rings. The summed E-state index contributed by atoms with van der Waals surface area (Å²) in [7, 11) is 4.52. The van der Waals surface area contributed by atoms with Gasteiger partial charge in [0.05, 0.1) is 21.3 Å². The summed E-state index contributed by atoms with van der Waals surface area (Å²) < 4.78 is 20.8. The van der Waals surface area contributed by atoms with E-state index in [1.807, 2.05) is 18.2 Å². The van der Waals surface area contributed by atoms with Crippen molar-refractivity contribution in [1.82, 2.24) is 5.32 Å². The van der Waals surface area contributed by atoms with Crippen LogP contribution in [0.15, 0.2) is 42.5 Å². The maximum Gasteiger partial charge on any atom is 0.414 e. The molecule has 1 atom stereocenters. The number of carboxylic acid groups (broad SMARTS) is 2. The minimum atomic E-state index is -1.82. The zero-order valence-corrected chi connectivity index (χ0v) is 19.1. The second kappa shape index (κ2) is 15.1. The van der Waals surface area contributed by atoms with Gasteiger partial charge < -0.3 is 39.6 Å². The molecule has 11 heteroatoms. The van der Waals surface area contributed by atoms with Crippen LogP contribution in [0.4, 0.5) is 0 Å². The lowest BCUT2D eigenvalue weighted by atomic mass is 10.1. The van der Waals surface area contributed by atoms with E-state index in [-0.39, 0.29) is 6.61 Å². The van der Waals surface area contributed by atoms with Gasteiger partial charge in [0.25, 0.3) is 0 Å². The van der Waals surface area contributed by atoms with Crippen molar-refractivity contribution in [3.63, 3.8) is 0 Å². The summed E-state index contributed by atoms with van der Waals surface area (Å²) in [5, 5.41) is 28.1. The van der Waals surface area contributed by atoms with E-state index in [9.17, 15) is 9.90 Å². The molecular weight excluding hydrogens is 450 g/mol. The van der Waals surface area contributed by atoms with E-state index in [1.54, 1.807) is 38.5 Å². The predicted molar refractivity (Wildman–Crippen MR) is 121 cm³/mol. The highest BCUT2D eigenvalue weighted by atomic mass is 16.5. The van der Waals surface area contributed by atoms with E-state index in [4.69, 9.17) is 38.7 Å². The number of benzene rings is 2. The van der Waals surface area contributed by atoms with Crippen molar-refractivity contribution in [3.05, 3.63) is 53.6 Å². The van der Waals surface area contributed by atoms with Gasteiger partial charge >= 0.3 is 17.9 Å². The van der Waals surface area contributed by atoms with Crippen molar-refractivity contribution in [2.24, 2.45) is 0 Å². The number of hydrogen-bond acceptors (Lipinski definition) is 9. The van der Waals surface area contributed by atoms with Crippen LogP contribution in [0.5, 0.6) is 17.2 Å². The van der Waals surface area contributed by atoms with E-state index in [2.05, 4.69) is 5.32 Å². The van der Waals surface area contributed by atoms with Crippen molar-refractivity contribution in [3.8, 4) is 17.2 Å². The summed E-state index contributed by atoms with van der Waals surface area (Å²) in [5.74, 6) is -2.35. The van der Waals surface area contributed by atoms with Crippen LogP contribution in [0.3, 0.4) is 0 Å². The highest BCUT2D eigenvalue weighted by Gasteiger charge is 2.13. The Hall–Kier alpha value is -3.83. The number of aliphatic hydroxyl groups is 1. The first-order valence-electron chi connectivity index (χ1n) is 10.1. The van der Waals surface area contributed by atoms with Crippen LogP contribution in [0.25, 0.3) is 0 Å². The van der Waals surface area contributed by atoms with Crippen molar-refractivity contribution in [2.45, 2.75) is 12.5 Å². The van der Waals surface area contributed by atoms with Gasteiger partial charge in [0.1, 0.15) is 24.0 Å². The summed E-state index contributed by atoms with van der Waals surface area (Å²) in [6, 6.07) is 12.6. The number of nitrogens with one attached hydrogen (secondary N) is 1. The summed E-state index contributed by atoms with van der Waals surface area (Å²) in [5.41, 5.74) is 1.43. The Balaban J connectivity index is 0.000000852. The molecule has 2 aromatic carbocycles. The summed E-state index contributed by atoms with van der Waals surface area (Å²) in [6.07, 6.45) is 0.0650. The number of carbonyl (C=O) groups excluding carboxylic acids is 1. The van der Waals surface area contributed by atoms with Gasteiger partial charge in [-0.2, -0.15) is 0 Å². The van der Waals surface area contributed by atoms with Crippen molar-refractivity contribution < 1.29 is 48.7 Å². The van der Waals surface area contributed by atoms with Gasteiger partial charge in [0.2, 0.25) is 0 Å². The van der Waals surface area contributed by atoms with Crippen LogP contribution < -0.4 is 19.5 Å². The van der Waals surface area contributed by atoms with Crippen LogP contribution in [-0.2, 0) is 20.7 Å². The highest BCUT2D eigenvalue weighted by molar-refractivity contribution is 6.27. The number of esters is 1. The number of rotatable bonds is 11. The fourth-order valence-corrected chi connectivity index (χ4v) is 2.65. The SMILES string of the molecule is COC(=O)c1ccccc1OCC(O)CNCCc1ccc(OC)c(OC)c1.O=C(O)C(=O)O. The number of para-hydroxylation sites is 1. The molecule has 4 N–H and O–H groups in total. The van der Waals surface area contributed by atoms with Crippen LogP contribution >= 0.6 is 0 Å². The number of carboxylic acids is 2. The number of aliphatic hydroxyl groups excluding tert-OH is 1. The summed E-state index contributed by atoms with van der Waals surface area (Å²) >= 11 is 0. The van der Waals surface area contributed by atoms with Crippen molar-refractivity contribution in [2.75, 3.05) is 41.0 Å². The quantitative estimate of drug-likeness (QED) is 0.208. The molecule has 0 saturated carbocycles. The number of carbonyl (C=O) groups is 3. The van der Waals surface area contributed by atoms with Gasteiger partial charge in [0.15, 0.2) is 11.5 Å². The summed E-state index contributed by atoms with van der Waals surface area (Å²) in [6.45, 7) is 1.12. The maximum atomic E-state index is 11.7. The number of ether oxygens (including phenoxy) is 4. The zero-order valence-electron chi connectivity index (χ0n) is 19.1. The molecule has 0 saturated heterocycles. The lowest BCUT2D eigenvalue weighted by Gasteiger charge is -2.15. The van der Waals surface area contributed by atoms with Crippen LogP contribution in [0, 0.1) is 0 Å². The Bertz CT molecular complexity index is 935. The molecule has 0 spiro atoms. The number of methoxy groups -OCH3 is 3. The Morgan fingerprint density at radius 1 is 0.912 bits per heavy atom. The minimum absolute atomic E-state index is 0.0668. The Labute approximate surface area is 196 Å². The molecular formula is C23H29NO10. The molecule has 0 radical (unpaired) electrons. The second-order valence-corrected chi connectivity index (χ2v) is 6.71. The first-order chi connectivity index (χ1) is 16.2. The third-order valence-electron chi connectivity index (χ3n) is 4.32. The van der Waals surface area contributed by atoms with Gasteiger partial charge in [-0.05, 0) is 42.8 Å².